The second-order valence-electron chi connectivity index (χ2n) is 4.73. The molecule has 8 heteroatoms. The Hall–Kier alpha value is -1.50. The van der Waals surface area contributed by atoms with Crippen molar-refractivity contribution < 1.29 is 18.0 Å². The fraction of sp³-hybridized carbons (Fsp3) is 0.500. The first-order valence-electron chi connectivity index (χ1n) is 6.06. The first-order chi connectivity index (χ1) is 9.29. The van der Waals surface area contributed by atoms with Crippen molar-refractivity contribution in [2.75, 3.05) is 18.8 Å². The molecule has 0 bridgehead atoms. The van der Waals surface area contributed by atoms with Crippen molar-refractivity contribution in [3.63, 3.8) is 0 Å². The number of aromatic nitrogens is 1. The molecular formula is C12H13ClF3N3O. The van der Waals surface area contributed by atoms with Crippen molar-refractivity contribution >= 4 is 23.2 Å². The third-order valence-electron chi connectivity index (χ3n) is 3.30. The van der Waals surface area contributed by atoms with E-state index in [1.54, 1.807) is 0 Å². The van der Waals surface area contributed by atoms with E-state index in [4.69, 9.17) is 17.3 Å². The van der Waals surface area contributed by atoms with Crippen LogP contribution in [0.2, 0.25) is 5.15 Å². The number of carbonyl (C=O) groups excluding carboxylic acids is 1. The van der Waals surface area contributed by atoms with Crippen LogP contribution in [-0.2, 0) is 0 Å². The average molecular weight is 308 g/mol. The Labute approximate surface area is 118 Å². The van der Waals surface area contributed by atoms with E-state index in [1.807, 2.05) is 0 Å². The molecule has 1 amide bonds. The zero-order valence-corrected chi connectivity index (χ0v) is 11.2. The predicted octanol–water partition coefficient (Wildman–Crippen LogP) is 2.73. The van der Waals surface area contributed by atoms with Gasteiger partial charge >= 0.3 is 6.18 Å². The molecule has 1 aliphatic rings. The standard InChI is InChI=1S/C12H13ClF3N3O/c13-10-4-8(9(17)5-18-10)11(20)19-3-1-2-7(6-19)12(14,15)16/h4-5,7H,1-3,6,17H2. The van der Waals surface area contributed by atoms with Crippen molar-refractivity contribution in [3.05, 3.63) is 23.0 Å². The maximum absolute atomic E-state index is 12.7. The number of nitrogen functional groups attached to an aromatic ring is 1. The van der Waals surface area contributed by atoms with Crippen LogP contribution in [0.15, 0.2) is 12.3 Å². The molecule has 1 saturated heterocycles. The molecule has 1 aromatic heterocycles. The van der Waals surface area contributed by atoms with Crippen LogP contribution in [0.3, 0.4) is 0 Å². The molecule has 0 aromatic carbocycles. The highest BCUT2D eigenvalue weighted by Crippen LogP contribution is 2.33. The quantitative estimate of drug-likeness (QED) is 0.812. The normalized spacial score (nSPS) is 20.0. The van der Waals surface area contributed by atoms with Crippen LogP contribution in [-0.4, -0.2) is 35.1 Å². The Bertz CT molecular complexity index is 521. The van der Waals surface area contributed by atoms with Crippen LogP contribution in [0.4, 0.5) is 18.9 Å². The number of amides is 1. The second kappa shape index (κ2) is 5.47. The number of alkyl halides is 3. The van der Waals surface area contributed by atoms with Crippen LogP contribution in [0.5, 0.6) is 0 Å². The lowest BCUT2D eigenvalue weighted by molar-refractivity contribution is -0.184. The number of pyridine rings is 1. The number of piperidine rings is 1. The van der Waals surface area contributed by atoms with E-state index in [2.05, 4.69) is 4.98 Å². The highest BCUT2D eigenvalue weighted by atomic mass is 35.5. The van der Waals surface area contributed by atoms with Crippen molar-refractivity contribution in [1.29, 1.82) is 0 Å². The minimum absolute atomic E-state index is 0.0415. The lowest BCUT2D eigenvalue weighted by Gasteiger charge is -2.34. The highest BCUT2D eigenvalue weighted by Gasteiger charge is 2.42. The zero-order valence-electron chi connectivity index (χ0n) is 10.5. The number of anilines is 1. The van der Waals surface area contributed by atoms with Crippen molar-refractivity contribution in [1.82, 2.24) is 9.88 Å². The number of rotatable bonds is 1. The van der Waals surface area contributed by atoms with Gasteiger partial charge in [-0.3, -0.25) is 4.79 Å². The number of nitrogens with zero attached hydrogens (tertiary/aromatic N) is 2. The molecule has 2 N–H and O–H groups in total. The number of hydrogen-bond donors (Lipinski definition) is 1. The summed E-state index contributed by atoms with van der Waals surface area (Å²) in [4.78, 5) is 17.1. The van der Waals surface area contributed by atoms with Gasteiger partial charge in [0.2, 0.25) is 0 Å². The summed E-state index contributed by atoms with van der Waals surface area (Å²) < 4.78 is 38.2. The van der Waals surface area contributed by atoms with Crippen LogP contribution in [0, 0.1) is 5.92 Å². The third kappa shape index (κ3) is 3.15. The third-order valence-corrected chi connectivity index (χ3v) is 3.51. The maximum atomic E-state index is 12.7. The fourth-order valence-electron chi connectivity index (χ4n) is 2.22. The van der Waals surface area contributed by atoms with Gasteiger partial charge < -0.3 is 10.6 Å². The summed E-state index contributed by atoms with van der Waals surface area (Å²) in [6.07, 6.45) is -2.71. The molecule has 1 aromatic rings. The van der Waals surface area contributed by atoms with Crippen LogP contribution in [0.1, 0.15) is 23.2 Å². The minimum atomic E-state index is -4.29. The summed E-state index contributed by atoms with van der Waals surface area (Å²) in [5, 5.41) is 0.0759. The lowest BCUT2D eigenvalue weighted by Crippen LogP contribution is -2.44. The van der Waals surface area contributed by atoms with Crippen molar-refractivity contribution in [2.24, 2.45) is 5.92 Å². The van der Waals surface area contributed by atoms with Crippen molar-refractivity contribution in [2.45, 2.75) is 19.0 Å². The molecule has 1 atom stereocenters. The van der Waals surface area contributed by atoms with Gasteiger partial charge in [-0.2, -0.15) is 13.2 Å². The Morgan fingerprint density at radius 3 is 2.85 bits per heavy atom. The van der Waals surface area contributed by atoms with Crippen LogP contribution >= 0.6 is 11.6 Å². The molecule has 2 rings (SSSR count). The van der Waals surface area contributed by atoms with Crippen LogP contribution in [0.25, 0.3) is 0 Å². The monoisotopic (exact) mass is 307 g/mol. The molecule has 0 spiro atoms. The van der Waals surface area contributed by atoms with Gasteiger partial charge in [0.05, 0.1) is 23.4 Å². The summed E-state index contributed by atoms with van der Waals surface area (Å²) in [5.41, 5.74) is 5.82. The van der Waals surface area contributed by atoms with E-state index in [0.717, 1.165) is 0 Å². The zero-order chi connectivity index (χ0) is 14.9. The first-order valence-corrected chi connectivity index (χ1v) is 6.44. The summed E-state index contributed by atoms with van der Waals surface area (Å²) in [7, 11) is 0. The second-order valence-corrected chi connectivity index (χ2v) is 5.11. The smallest absolute Gasteiger partial charge is 0.393 e. The molecule has 0 saturated carbocycles. The molecule has 2 heterocycles. The number of carbonyl (C=O) groups is 1. The largest absolute Gasteiger partial charge is 0.397 e. The molecular weight excluding hydrogens is 295 g/mol. The Kier molecular flexibility index (Phi) is 4.08. The number of likely N-dealkylation sites (tertiary alicyclic amines) is 1. The van der Waals surface area contributed by atoms with Gasteiger partial charge in [0, 0.05) is 13.1 Å². The van der Waals surface area contributed by atoms with Crippen LogP contribution < -0.4 is 5.73 Å². The molecule has 0 radical (unpaired) electrons. The van der Waals surface area contributed by atoms with E-state index in [1.165, 1.54) is 17.2 Å². The number of nitrogens with two attached hydrogens (primary N) is 1. The van der Waals surface area contributed by atoms with Gasteiger partial charge in [-0.05, 0) is 18.9 Å². The molecule has 0 aliphatic carbocycles. The fourth-order valence-corrected chi connectivity index (χ4v) is 2.38. The summed E-state index contributed by atoms with van der Waals surface area (Å²) in [5.74, 6) is -2.03. The Morgan fingerprint density at radius 1 is 1.50 bits per heavy atom. The van der Waals surface area contributed by atoms with Crippen molar-refractivity contribution in [3.8, 4) is 0 Å². The Morgan fingerprint density at radius 2 is 2.20 bits per heavy atom. The number of halogens is 4. The molecule has 4 nitrogen and oxygen atoms in total. The van der Waals surface area contributed by atoms with E-state index in [-0.39, 0.29) is 35.9 Å². The molecule has 1 unspecified atom stereocenters. The molecule has 1 fully saturated rings. The van der Waals surface area contributed by atoms with Gasteiger partial charge in [0.1, 0.15) is 5.15 Å². The van der Waals surface area contributed by atoms with E-state index >= 15 is 0 Å². The first kappa shape index (κ1) is 14.9. The molecule has 20 heavy (non-hydrogen) atoms. The van der Waals surface area contributed by atoms with E-state index in [0.29, 0.717) is 6.42 Å². The summed E-state index contributed by atoms with van der Waals surface area (Å²) >= 11 is 5.68. The van der Waals surface area contributed by atoms with Gasteiger partial charge in [0.15, 0.2) is 0 Å². The summed E-state index contributed by atoms with van der Waals surface area (Å²) in [6.45, 7) is -0.0630. The van der Waals surface area contributed by atoms with E-state index < -0.39 is 18.0 Å². The van der Waals surface area contributed by atoms with Gasteiger partial charge in [-0.1, -0.05) is 11.6 Å². The number of hydrogen-bond acceptors (Lipinski definition) is 3. The minimum Gasteiger partial charge on any atom is -0.397 e. The van der Waals surface area contributed by atoms with E-state index in [9.17, 15) is 18.0 Å². The Balaban J connectivity index is 2.18. The summed E-state index contributed by atoms with van der Waals surface area (Å²) in [6, 6.07) is 1.27. The maximum Gasteiger partial charge on any atom is 0.393 e. The average Bonchev–Trinajstić information content (AvgIpc) is 2.40. The predicted molar refractivity (Wildman–Crippen MR) is 68.3 cm³/mol. The van der Waals surface area contributed by atoms with Gasteiger partial charge in [0.25, 0.3) is 5.91 Å². The van der Waals surface area contributed by atoms with Gasteiger partial charge in [-0.25, -0.2) is 4.98 Å². The molecule has 110 valence electrons. The molecule has 1 aliphatic heterocycles. The topological polar surface area (TPSA) is 59.2 Å². The highest BCUT2D eigenvalue weighted by molar-refractivity contribution is 6.29. The lowest BCUT2D eigenvalue weighted by atomic mass is 9.97. The van der Waals surface area contributed by atoms with Gasteiger partial charge in [-0.15, -0.1) is 0 Å². The SMILES string of the molecule is Nc1cnc(Cl)cc1C(=O)N1CCCC(C(F)(F)F)C1.